The fourth-order valence-electron chi connectivity index (χ4n) is 2.82. The van der Waals surface area contributed by atoms with Crippen molar-refractivity contribution >= 4 is 21.6 Å². The molecule has 1 aromatic carbocycles. The molecule has 0 spiro atoms. The third kappa shape index (κ3) is 3.46. The predicted molar refractivity (Wildman–Crippen MR) is 99.6 cm³/mol. The van der Waals surface area contributed by atoms with Gasteiger partial charge in [-0.1, -0.05) is 6.07 Å². The summed E-state index contributed by atoms with van der Waals surface area (Å²) in [7, 11) is -4.18. The molecular weight excluding hydrogens is 384 g/mol. The van der Waals surface area contributed by atoms with Gasteiger partial charge in [-0.3, -0.25) is 9.98 Å². The molecule has 28 heavy (non-hydrogen) atoms. The molecule has 0 N–H and O–H groups in total. The molecule has 4 rings (SSSR count). The number of allylic oxidation sites excluding steroid dienone is 1. The monoisotopic (exact) mass is 397 g/mol. The minimum Gasteiger partial charge on any atom is -0.280 e. The van der Waals surface area contributed by atoms with Crippen LogP contribution in [0.25, 0.3) is 6.08 Å². The van der Waals surface area contributed by atoms with Crippen molar-refractivity contribution in [2.24, 2.45) is 4.99 Å². The Balaban J connectivity index is 1.71. The van der Waals surface area contributed by atoms with E-state index < -0.39 is 26.4 Å². The van der Waals surface area contributed by atoms with Crippen molar-refractivity contribution in [3.05, 3.63) is 89.4 Å². The lowest BCUT2D eigenvalue weighted by atomic mass is 10.1. The molecule has 0 radical (unpaired) electrons. The highest BCUT2D eigenvalue weighted by atomic mass is 32.2. The summed E-state index contributed by atoms with van der Waals surface area (Å²) in [5.74, 6) is -1.94. The maximum absolute atomic E-state index is 13.5. The first-order valence-corrected chi connectivity index (χ1v) is 9.76. The first-order valence-electron chi connectivity index (χ1n) is 8.27. The van der Waals surface area contributed by atoms with Crippen LogP contribution in [0.2, 0.25) is 0 Å². The quantitative estimate of drug-likeness (QED) is 0.674. The van der Waals surface area contributed by atoms with Crippen LogP contribution in [0.1, 0.15) is 16.8 Å². The van der Waals surface area contributed by atoms with Crippen LogP contribution < -0.4 is 0 Å². The van der Waals surface area contributed by atoms with Gasteiger partial charge in [0.2, 0.25) is 9.84 Å². The van der Waals surface area contributed by atoms with E-state index in [9.17, 15) is 17.2 Å². The molecular formula is C20H13F2N3O2S. The highest BCUT2D eigenvalue weighted by Crippen LogP contribution is 2.26. The Morgan fingerprint density at radius 1 is 0.964 bits per heavy atom. The SMILES string of the molecule is O=S(=O)(c1cc(F)cc(F)c1)c1cc2c(cn1)CN=C2/C=C/c1ccccn1. The number of sulfone groups is 1. The Labute approximate surface area is 160 Å². The Hall–Kier alpha value is -3.26. The minimum absolute atomic E-state index is 0.294. The molecule has 0 saturated carbocycles. The first-order chi connectivity index (χ1) is 13.4. The number of hydrogen-bond donors (Lipinski definition) is 0. The van der Waals surface area contributed by atoms with Gasteiger partial charge in [-0.2, -0.15) is 0 Å². The van der Waals surface area contributed by atoms with Crippen LogP contribution in [0, 0.1) is 11.6 Å². The highest BCUT2D eigenvalue weighted by Gasteiger charge is 2.24. The van der Waals surface area contributed by atoms with E-state index in [0.29, 0.717) is 23.9 Å². The van der Waals surface area contributed by atoms with Crippen molar-refractivity contribution in [2.45, 2.75) is 16.5 Å². The second-order valence-electron chi connectivity index (χ2n) is 6.08. The summed E-state index contributed by atoms with van der Waals surface area (Å²) in [5, 5.41) is -0.294. The van der Waals surface area contributed by atoms with Crippen molar-refractivity contribution in [1.29, 1.82) is 0 Å². The number of aromatic nitrogens is 2. The second-order valence-corrected chi connectivity index (χ2v) is 7.97. The molecule has 0 amide bonds. The maximum atomic E-state index is 13.5. The fourth-order valence-corrected chi connectivity index (χ4v) is 4.06. The van der Waals surface area contributed by atoms with E-state index in [2.05, 4.69) is 15.0 Å². The van der Waals surface area contributed by atoms with E-state index in [1.807, 2.05) is 12.1 Å². The van der Waals surface area contributed by atoms with Gasteiger partial charge in [0.1, 0.15) is 11.6 Å². The zero-order valence-electron chi connectivity index (χ0n) is 14.4. The molecule has 2 aromatic heterocycles. The summed E-state index contributed by atoms with van der Waals surface area (Å²) < 4.78 is 52.4. The van der Waals surface area contributed by atoms with Gasteiger partial charge in [-0.15, -0.1) is 0 Å². The lowest BCUT2D eigenvalue weighted by molar-refractivity contribution is 0.566. The molecule has 140 valence electrons. The predicted octanol–water partition coefficient (Wildman–Crippen LogP) is 3.60. The van der Waals surface area contributed by atoms with Crippen LogP contribution >= 0.6 is 0 Å². The lowest BCUT2D eigenvalue weighted by Crippen LogP contribution is -2.08. The van der Waals surface area contributed by atoms with Gasteiger partial charge >= 0.3 is 0 Å². The van der Waals surface area contributed by atoms with Crippen LogP contribution in [0.4, 0.5) is 8.78 Å². The average Bonchev–Trinajstić information content (AvgIpc) is 3.09. The summed E-state index contributed by atoms with van der Waals surface area (Å²) in [6.45, 7) is 0.374. The van der Waals surface area contributed by atoms with Crippen LogP contribution in [-0.4, -0.2) is 24.1 Å². The summed E-state index contributed by atoms with van der Waals surface area (Å²) in [5.41, 5.74) is 2.70. The van der Waals surface area contributed by atoms with Crippen LogP contribution in [-0.2, 0) is 16.4 Å². The number of fused-ring (bicyclic) bond motifs is 1. The third-order valence-electron chi connectivity index (χ3n) is 4.18. The largest absolute Gasteiger partial charge is 0.280 e. The van der Waals surface area contributed by atoms with Crippen molar-refractivity contribution < 1.29 is 17.2 Å². The van der Waals surface area contributed by atoms with Crippen molar-refractivity contribution in [3.8, 4) is 0 Å². The van der Waals surface area contributed by atoms with Gasteiger partial charge < -0.3 is 0 Å². The number of halogens is 2. The standard InChI is InChI=1S/C20H13F2N3O2S/c21-14-7-15(22)9-17(8-14)28(26,27)20-10-18-13(12-25-20)11-24-19(18)5-4-16-3-1-2-6-23-16/h1-10,12H,11H2/b5-4+. The molecule has 3 heterocycles. The molecule has 8 heteroatoms. The number of hydrogen-bond acceptors (Lipinski definition) is 5. The number of nitrogens with zero attached hydrogens (tertiary/aromatic N) is 3. The topological polar surface area (TPSA) is 72.3 Å². The summed E-state index contributed by atoms with van der Waals surface area (Å²) in [6.07, 6.45) is 6.59. The van der Waals surface area contributed by atoms with E-state index in [-0.39, 0.29) is 5.03 Å². The van der Waals surface area contributed by atoms with Crippen LogP contribution in [0.3, 0.4) is 0 Å². The zero-order valence-corrected chi connectivity index (χ0v) is 15.2. The molecule has 5 nitrogen and oxygen atoms in total. The summed E-state index contributed by atoms with van der Waals surface area (Å²) in [6, 6.07) is 9.01. The molecule has 1 aliphatic heterocycles. The second kappa shape index (κ2) is 7.05. The minimum atomic E-state index is -4.18. The maximum Gasteiger partial charge on any atom is 0.224 e. The highest BCUT2D eigenvalue weighted by molar-refractivity contribution is 7.91. The van der Waals surface area contributed by atoms with Gasteiger partial charge in [-0.05, 0) is 42.5 Å². The van der Waals surface area contributed by atoms with E-state index in [1.165, 1.54) is 12.3 Å². The van der Waals surface area contributed by atoms with Gasteiger partial charge in [0, 0.05) is 29.6 Å². The molecule has 0 unspecified atom stereocenters. The van der Waals surface area contributed by atoms with Crippen molar-refractivity contribution in [2.75, 3.05) is 0 Å². The van der Waals surface area contributed by atoms with Crippen molar-refractivity contribution in [3.63, 3.8) is 0 Å². The van der Waals surface area contributed by atoms with E-state index in [4.69, 9.17) is 0 Å². The molecule has 1 aliphatic rings. The number of pyridine rings is 2. The van der Waals surface area contributed by atoms with Gasteiger partial charge in [0.05, 0.1) is 22.8 Å². The molecule has 0 atom stereocenters. The number of benzene rings is 1. The molecule has 0 bridgehead atoms. The zero-order chi connectivity index (χ0) is 19.7. The Bertz CT molecular complexity index is 1200. The van der Waals surface area contributed by atoms with Crippen molar-refractivity contribution in [1.82, 2.24) is 9.97 Å². The van der Waals surface area contributed by atoms with E-state index in [0.717, 1.165) is 23.4 Å². The Morgan fingerprint density at radius 2 is 1.75 bits per heavy atom. The number of aliphatic imine (C=N–C) groups is 1. The van der Waals surface area contributed by atoms with Gasteiger partial charge in [-0.25, -0.2) is 22.2 Å². The van der Waals surface area contributed by atoms with Gasteiger partial charge in [0.25, 0.3) is 0 Å². The lowest BCUT2D eigenvalue weighted by Gasteiger charge is -2.07. The van der Waals surface area contributed by atoms with E-state index in [1.54, 1.807) is 24.4 Å². The smallest absolute Gasteiger partial charge is 0.224 e. The average molecular weight is 397 g/mol. The molecule has 0 aliphatic carbocycles. The first kappa shape index (κ1) is 18.1. The fraction of sp³-hybridized carbons (Fsp3) is 0.0500. The third-order valence-corrected chi connectivity index (χ3v) is 5.81. The molecule has 3 aromatic rings. The molecule has 0 fully saturated rings. The van der Waals surface area contributed by atoms with Crippen LogP contribution in [0.5, 0.6) is 0 Å². The summed E-state index contributed by atoms with van der Waals surface area (Å²) >= 11 is 0. The molecule has 0 saturated heterocycles. The normalized spacial score (nSPS) is 13.6. The Kier molecular flexibility index (Phi) is 4.56. The van der Waals surface area contributed by atoms with Gasteiger partial charge in [0.15, 0.2) is 5.03 Å². The Morgan fingerprint density at radius 3 is 2.46 bits per heavy atom. The summed E-state index contributed by atoms with van der Waals surface area (Å²) in [4.78, 5) is 12.1. The van der Waals surface area contributed by atoms with Crippen LogP contribution in [0.15, 0.2) is 75.8 Å². The number of rotatable bonds is 4. The van der Waals surface area contributed by atoms with E-state index >= 15 is 0 Å².